The second-order valence-corrected chi connectivity index (χ2v) is 6.89. The summed E-state index contributed by atoms with van der Waals surface area (Å²) in [7, 11) is 1.54. The van der Waals surface area contributed by atoms with Gasteiger partial charge in [0.2, 0.25) is 5.91 Å². The number of amides is 2. The van der Waals surface area contributed by atoms with Gasteiger partial charge >= 0.3 is 0 Å². The van der Waals surface area contributed by atoms with E-state index in [0.29, 0.717) is 36.7 Å². The molecule has 1 aromatic heterocycles. The molecule has 3 rings (SSSR count). The highest BCUT2D eigenvalue weighted by Gasteiger charge is 2.39. The van der Waals surface area contributed by atoms with Gasteiger partial charge in [-0.1, -0.05) is 0 Å². The maximum atomic E-state index is 12.9. The van der Waals surface area contributed by atoms with Crippen molar-refractivity contribution in [2.75, 3.05) is 20.1 Å². The standard InChI is InChI=1S/C17H24N4O3/c1-11-19-9-13(15(20-11)12-4-5-12)16(23)21-7-3-6-17(24,10-21)8-14(22)18-2/h9,12,24H,3-8,10H2,1-2H3,(H,18,22). The molecule has 7 nitrogen and oxygen atoms in total. The SMILES string of the molecule is CNC(=O)CC1(O)CCCN(C(=O)c2cnc(C)nc2C2CC2)C1. The first-order chi connectivity index (χ1) is 11.4. The van der Waals surface area contributed by atoms with E-state index in [4.69, 9.17) is 0 Å². The summed E-state index contributed by atoms with van der Waals surface area (Å²) < 4.78 is 0. The van der Waals surface area contributed by atoms with E-state index in [2.05, 4.69) is 15.3 Å². The third kappa shape index (κ3) is 3.56. The fourth-order valence-corrected chi connectivity index (χ4v) is 3.31. The Kier molecular flexibility index (Phi) is 4.54. The quantitative estimate of drug-likeness (QED) is 0.849. The number of aromatic nitrogens is 2. The number of carbonyl (C=O) groups is 2. The van der Waals surface area contributed by atoms with Crippen molar-refractivity contribution in [1.82, 2.24) is 20.2 Å². The lowest BCUT2D eigenvalue weighted by Crippen LogP contribution is -2.52. The number of nitrogens with zero attached hydrogens (tertiary/aromatic N) is 3. The molecule has 0 bridgehead atoms. The molecular weight excluding hydrogens is 308 g/mol. The molecular formula is C17H24N4O3. The summed E-state index contributed by atoms with van der Waals surface area (Å²) in [5.74, 6) is 0.652. The molecule has 2 aliphatic rings. The van der Waals surface area contributed by atoms with E-state index >= 15 is 0 Å². The highest BCUT2D eigenvalue weighted by molar-refractivity contribution is 5.95. The second kappa shape index (κ2) is 6.47. The van der Waals surface area contributed by atoms with Crippen molar-refractivity contribution in [3.63, 3.8) is 0 Å². The van der Waals surface area contributed by atoms with Gasteiger partial charge < -0.3 is 15.3 Å². The molecule has 7 heteroatoms. The molecule has 1 aliphatic carbocycles. The molecule has 0 radical (unpaired) electrons. The summed E-state index contributed by atoms with van der Waals surface area (Å²) in [5, 5.41) is 13.2. The number of rotatable bonds is 4. The number of nitrogens with one attached hydrogen (secondary N) is 1. The molecule has 1 aliphatic heterocycles. The zero-order chi connectivity index (χ0) is 17.3. The minimum Gasteiger partial charge on any atom is -0.388 e. The van der Waals surface area contributed by atoms with E-state index in [1.165, 1.54) is 0 Å². The van der Waals surface area contributed by atoms with Crippen molar-refractivity contribution in [2.45, 2.75) is 50.5 Å². The van der Waals surface area contributed by atoms with Gasteiger partial charge in [-0.25, -0.2) is 9.97 Å². The van der Waals surface area contributed by atoms with E-state index in [1.54, 1.807) is 18.1 Å². The average Bonchev–Trinajstić information content (AvgIpc) is 3.38. The number of piperidine rings is 1. The van der Waals surface area contributed by atoms with Gasteiger partial charge in [-0.15, -0.1) is 0 Å². The van der Waals surface area contributed by atoms with Crippen LogP contribution < -0.4 is 5.32 Å². The molecule has 130 valence electrons. The Balaban J connectivity index is 1.79. The molecule has 2 fully saturated rings. The summed E-state index contributed by atoms with van der Waals surface area (Å²) >= 11 is 0. The van der Waals surface area contributed by atoms with Crippen LogP contribution in [0.5, 0.6) is 0 Å². The first-order valence-corrected chi connectivity index (χ1v) is 8.47. The maximum absolute atomic E-state index is 12.9. The molecule has 2 amide bonds. The number of likely N-dealkylation sites (tertiary alicyclic amines) is 1. The van der Waals surface area contributed by atoms with Crippen LogP contribution in [0.3, 0.4) is 0 Å². The third-order valence-corrected chi connectivity index (χ3v) is 4.74. The Morgan fingerprint density at radius 1 is 1.46 bits per heavy atom. The minimum atomic E-state index is -1.17. The van der Waals surface area contributed by atoms with Crippen LogP contribution in [0.4, 0.5) is 0 Å². The highest BCUT2D eigenvalue weighted by Crippen LogP contribution is 2.41. The predicted molar refractivity (Wildman–Crippen MR) is 87.5 cm³/mol. The van der Waals surface area contributed by atoms with Gasteiger partial charge in [0.1, 0.15) is 5.82 Å². The van der Waals surface area contributed by atoms with Crippen molar-refractivity contribution >= 4 is 11.8 Å². The zero-order valence-electron chi connectivity index (χ0n) is 14.2. The number of hydrogen-bond donors (Lipinski definition) is 2. The first kappa shape index (κ1) is 16.8. The lowest BCUT2D eigenvalue weighted by molar-refractivity contribution is -0.127. The summed E-state index contributed by atoms with van der Waals surface area (Å²) in [6, 6.07) is 0. The van der Waals surface area contributed by atoms with Crippen molar-refractivity contribution in [3.8, 4) is 0 Å². The summed E-state index contributed by atoms with van der Waals surface area (Å²) in [5.41, 5.74) is 0.194. The third-order valence-electron chi connectivity index (χ3n) is 4.74. The molecule has 1 aromatic rings. The van der Waals surface area contributed by atoms with Gasteiger partial charge in [-0.05, 0) is 32.6 Å². The first-order valence-electron chi connectivity index (χ1n) is 8.47. The largest absolute Gasteiger partial charge is 0.388 e. The Morgan fingerprint density at radius 3 is 2.88 bits per heavy atom. The average molecular weight is 332 g/mol. The van der Waals surface area contributed by atoms with Crippen LogP contribution in [-0.4, -0.2) is 57.5 Å². The van der Waals surface area contributed by atoms with Gasteiger partial charge in [-0.3, -0.25) is 9.59 Å². The number of carbonyl (C=O) groups excluding carboxylic acids is 2. The lowest BCUT2D eigenvalue weighted by Gasteiger charge is -2.39. The summed E-state index contributed by atoms with van der Waals surface area (Å²) in [6.45, 7) is 2.56. The van der Waals surface area contributed by atoms with Crippen LogP contribution in [0.15, 0.2) is 6.20 Å². The van der Waals surface area contributed by atoms with Gasteiger partial charge in [0.05, 0.1) is 29.8 Å². The van der Waals surface area contributed by atoms with Gasteiger partial charge in [0, 0.05) is 25.7 Å². The summed E-state index contributed by atoms with van der Waals surface area (Å²) in [4.78, 5) is 34.8. The van der Waals surface area contributed by atoms with Crippen molar-refractivity contribution in [1.29, 1.82) is 0 Å². The fraction of sp³-hybridized carbons (Fsp3) is 0.647. The normalized spacial score (nSPS) is 23.9. The fourth-order valence-electron chi connectivity index (χ4n) is 3.31. The topological polar surface area (TPSA) is 95.4 Å². The van der Waals surface area contributed by atoms with Gasteiger partial charge in [0.25, 0.3) is 5.91 Å². The van der Waals surface area contributed by atoms with Crippen molar-refractivity contribution < 1.29 is 14.7 Å². The van der Waals surface area contributed by atoms with Gasteiger partial charge in [0.15, 0.2) is 0 Å². The summed E-state index contributed by atoms with van der Waals surface area (Å²) in [6.07, 6.45) is 4.90. The zero-order valence-corrected chi connectivity index (χ0v) is 14.2. The molecule has 0 spiro atoms. The van der Waals surface area contributed by atoms with Crippen LogP contribution in [-0.2, 0) is 4.79 Å². The van der Waals surface area contributed by atoms with E-state index in [1.807, 2.05) is 6.92 Å². The molecule has 1 unspecified atom stereocenters. The molecule has 2 N–H and O–H groups in total. The smallest absolute Gasteiger partial charge is 0.257 e. The number of aryl methyl sites for hydroxylation is 1. The Morgan fingerprint density at radius 2 is 2.21 bits per heavy atom. The number of hydrogen-bond acceptors (Lipinski definition) is 5. The van der Waals surface area contributed by atoms with Crippen LogP contribution in [0.25, 0.3) is 0 Å². The van der Waals surface area contributed by atoms with Crippen LogP contribution in [0.1, 0.15) is 59.9 Å². The van der Waals surface area contributed by atoms with Crippen LogP contribution in [0.2, 0.25) is 0 Å². The highest BCUT2D eigenvalue weighted by atomic mass is 16.3. The predicted octanol–water partition coefficient (Wildman–Crippen LogP) is 0.766. The Labute approximate surface area is 141 Å². The van der Waals surface area contributed by atoms with Crippen LogP contribution >= 0.6 is 0 Å². The maximum Gasteiger partial charge on any atom is 0.257 e. The lowest BCUT2D eigenvalue weighted by atomic mass is 9.89. The van der Waals surface area contributed by atoms with E-state index in [9.17, 15) is 14.7 Å². The Hall–Kier alpha value is -2.02. The molecule has 24 heavy (non-hydrogen) atoms. The van der Waals surface area contributed by atoms with Crippen molar-refractivity contribution in [3.05, 3.63) is 23.3 Å². The Bertz CT molecular complexity index is 659. The molecule has 0 aromatic carbocycles. The molecule has 2 heterocycles. The van der Waals surface area contributed by atoms with Crippen LogP contribution in [0, 0.1) is 6.92 Å². The number of aliphatic hydroxyl groups is 1. The van der Waals surface area contributed by atoms with Gasteiger partial charge in [-0.2, -0.15) is 0 Å². The van der Waals surface area contributed by atoms with E-state index in [-0.39, 0.29) is 24.8 Å². The van der Waals surface area contributed by atoms with Crippen molar-refractivity contribution in [2.24, 2.45) is 0 Å². The molecule has 1 saturated carbocycles. The number of β-amino-alcohol motifs (C(OH)–C–C–N with tert-alkyl or cyclic N) is 1. The van der Waals surface area contributed by atoms with E-state index < -0.39 is 5.60 Å². The molecule has 1 saturated heterocycles. The van der Waals surface area contributed by atoms with E-state index in [0.717, 1.165) is 18.5 Å². The molecule has 1 atom stereocenters. The second-order valence-electron chi connectivity index (χ2n) is 6.89. The minimum absolute atomic E-state index is 0.00710. The monoisotopic (exact) mass is 332 g/mol.